The van der Waals surface area contributed by atoms with Gasteiger partial charge in [0.25, 0.3) is 0 Å². The Hall–Kier alpha value is -2.31. The molecule has 1 rings (SSSR count). The number of aliphatic hydroxyl groups is 2. The number of hydrogen-bond donors (Lipinski definition) is 3. The molecule has 0 aliphatic heterocycles. The molecule has 0 saturated heterocycles. The number of rotatable bonds is 5. The zero-order valence-electron chi connectivity index (χ0n) is 10.3. The summed E-state index contributed by atoms with van der Waals surface area (Å²) in [6, 6.07) is 3.83. The summed E-state index contributed by atoms with van der Waals surface area (Å²) < 4.78 is 40.1. The summed E-state index contributed by atoms with van der Waals surface area (Å²) in [6.07, 6.45) is -8.81. The minimum atomic E-state index is -5.04. The van der Waals surface area contributed by atoms with Gasteiger partial charge in [-0.25, -0.2) is 4.79 Å². The number of carboxylic acid groups (broad SMARTS) is 1. The molecule has 9 heteroatoms. The second-order valence-corrected chi connectivity index (χ2v) is 4.02. The molecule has 0 aliphatic rings. The number of carbonyl (C=O) groups is 1. The predicted molar refractivity (Wildman–Crippen MR) is 61.3 cm³/mol. The third-order valence-electron chi connectivity index (χ3n) is 2.42. The van der Waals surface area contributed by atoms with Crippen molar-refractivity contribution in [1.29, 1.82) is 5.26 Å². The molecule has 1 aromatic rings. The number of nitrogens with zero attached hydrogens (tertiary/aromatic N) is 1. The summed E-state index contributed by atoms with van der Waals surface area (Å²) in [5, 5.41) is 36.4. The number of halogens is 3. The molecule has 21 heavy (non-hydrogen) atoms. The fourth-order valence-electron chi connectivity index (χ4n) is 1.54. The van der Waals surface area contributed by atoms with Crippen molar-refractivity contribution in [3.8, 4) is 11.8 Å². The highest BCUT2D eigenvalue weighted by molar-refractivity contribution is 5.88. The standard InChI is InChI=1S/C12H10F3NO5/c13-12(14,15)21-8-4-6(3-7(5-8)11(19)20)10(18)9(17)1-2-16/h3-5,9-10,17-18H,1H2,(H,19,20). The summed E-state index contributed by atoms with van der Waals surface area (Å²) in [5.41, 5.74) is -0.869. The van der Waals surface area contributed by atoms with Gasteiger partial charge < -0.3 is 20.1 Å². The van der Waals surface area contributed by atoms with E-state index in [9.17, 15) is 28.2 Å². The minimum absolute atomic E-state index is 0.308. The Balaban J connectivity index is 3.19. The number of hydrogen-bond acceptors (Lipinski definition) is 5. The molecule has 2 atom stereocenters. The van der Waals surface area contributed by atoms with Gasteiger partial charge in [-0.1, -0.05) is 0 Å². The number of ether oxygens (including phenoxy) is 1. The first-order valence-electron chi connectivity index (χ1n) is 5.51. The van der Waals surface area contributed by atoms with Crippen molar-refractivity contribution in [2.75, 3.05) is 0 Å². The lowest BCUT2D eigenvalue weighted by Crippen LogP contribution is -2.20. The quantitative estimate of drug-likeness (QED) is 0.762. The van der Waals surface area contributed by atoms with Crippen LogP contribution in [-0.4, -0.2) is 33.8 Å². The normalized spacial score (nSPS) is 14.1. The van der Waals surface area contributed by atoms with Crippen LogP contribution in [0, 0.1) is 11.3 Å². The Bertz CT molecular complexity index is 567. The van der Waals surface area contributed by atoms with Crippen molar-refractivity contribution < 1.29 is 38.0 Å². The molecule has 114 valence electrons. The smallest absolute Gasteiger partial charge is 0.478 e. The van der Waals surface area contributed by atoms with Crippen LogP contribution in [0.15, 0.2) is 18.2 Å². The Morgan fingerprint density at radius 3 is 2.43 bits per heavy atom. The van der Waals surface area contributed by atoms with Crippen LogP contribution in [0.4, 0.5) is 13.2 Å². The zero-order chi connectivity index (χ0) is 16.2. The molecule has 0 aromatic heterocycles. The van der Waals surface area contributed by atoms with Crippen LogP contribution in [0.5, 0.6) is 5.75 Å². The van der Waals surface area contributed by atoms with E-state index in [2.05, 4.69) is 4.74 Å². The summed E-state index contributed by atoms with van der Waals surface area (Å²) in [4.78, 5) is 10.9. The molecular formula is C12H10F3NO5. The molecule has 0 radical (unpaired) electrons. The second kappa shape index (κ2) is 6.43. The molecule has 0 saturated carbocycles. The van der Waals surface area contributed by atoms with Gasteiger partial charge in [0.15, 0.2) is 0 Å². The van der Waals surface area contributed by atoms with E-state index in [4.69, 9.17) is 10.4 Å². The monoisotopic (exact) mass is 305 g/mol. The van der Waals surface area contributed by atoms with E-state index in [-0.39, 0.29) is 5.56 Å². The lowest BCUT2D eigenvalue weighted by molar-refractivity contribution is -0.274. The summed E-state index contributed by atoms with van der Waals surface area (Å²) in [7, 11) is 0. The van der Waals surface area contributed by atoms with Crippen molar-refractivity contribution in [3.05, 3.63) is 29.3 Å². The van der Waals surface area contributed by atoms with E-state index in [1.807, 2.05) is 0 Å². The molecule has 1 aromatic carbocycles. The summed E-state index contributed by atoms with van der Waals surface area (Å²) in [6.45, 7) is 0. The van der Waals surface area contributed by atoms with Crippen LogP contribution in [0.3, 0.4) is 0 Å². The van der Waals surface area contributed by atoms with Gasteiger partial charge in [0.2, 0.25) is 0 Å². The molecule has 2 unspecified atom stereocenters. The van der Waals surface area contributed by atoms with E-state index >= 15 is 0 Å². The lowest BCUT2D eigenvalue weighted by Gasteiger charge is -2.18. The molecule has 0 heterocycles. The van der Waals surface area contributed by atoms with Crippen molar-refractivity contribution in [2.24, 2.45) is 0 Å². The number of aromatic carboxylic acids is 1. The van der Waals surface area contributed by atoms with Crippen molar-refractivity contribution in [1.82, 2.24) is 0 Å². The zero-order valence-corrected chi connectivity index (χ0v) is 10.3. The highest BCUT2D eigenvalue weighted by atomic mass is 19.4. The lowest BCUT2D eigenvalue weighted by atomic mass is 10.00. The van der Waals surface area contributed by atoms with Gasteiger partial charge in [-0.05, 0) is 23.8 Å². The summed E-state index contributed by atoms with van der Waals surface area (Å²) >= 11 is 0. The van der Waals surface area contributed by atoms with Gasteiger partial charge in [-0.15, -0.1) is 13.2 Å². The molecule has 0 amide bonds. The average molecular weight is 305 g/mol. The van der Waals surface area contributed by atoms with E-state index in [0.29, 0.717) is 6.07 Å². The third-order valence-corrected chi connectivity index (χ3v) is 2.42. The Morgan fingerprint density at radius 2 is 1.95 bits per heavy atom. The average Bonchev–Trinajstić information content (AvgIpc) is 2.35. The maximum Gasteiger partial charge on any atom is 0.573 e. The van der Waals surface area contributed by atoms with E-state index in [1.54, 1.807) is 6.07 Å². The van der Waals surface area contributed by atoms with Gasteiger partial charge >= 0.3 is 12.3 Å². The second-order valence-electron chi connectivity index (χ2n) is 4.02. The maximum absolute atomic E-state index is 12.2. The first-order valence-corrected chi connectivity index (χ1v) is 5.51. The van der Waals surface area contributed by atoms with Crippen LogP contribution in [0.1, 0.15) is 28.4 Å². The van der Waals surface area contributed by atoms with Crippen molar-refractivity contribution in [3.63, 3.8) is 0 Å². The Labute approximate surface area is 116 Å². The Kier molecular flexibility index (Phi) is 5.12. The number of nitriles is 1. The van der Waals surface area contributed by atoms with Gasteiger partial charge in [-0.2, -0.15) is 5.26 Å². The predicted octanol–water partition coefficient (Wildman–Crippen LogP) is 1.59. The van der Waals surface area contributed by atoms with E-state index in [1.165, 1.54) is 0 Å². The van der Waals surface area contributed by atoms with Crippen LogP contribution >= 0.6 is 0 Å². The molecule has 0 bridgehead atoms. The molecule has 6 nitrogen and oxygen atoms in total. The molecule has 0 aliphatic carbocycles. The van der Waals surface area contributed by atoms with Gasteiger partial charge in [0.1, 0.15) is 11.9 Å². The topological polar surface area (TPSA) is 111 Å². The number of alkyl halides is 3. The fraction of sp³-hybridized carbons (Fsp3) is 0.333. The van der Waals surface area contributed by atoms with Crippen LogP contribution in [0.2, 0.25) is 0 Å². The first-order chi connectivity index (χ1) is 9.64. The van der Waals surface area contributed by atoms with Gasteiger partial charge in [0.05, 0.1) is 24.2 Å². The minimum Gasteiger partial charge on any atom is -0.478 e. The number of aliphatic hydroxyl groups excluding tert-OH is 2. The molecule has 0 fully saturated rings. The first kappa shape index (κ1) is 16.7. The molecule has 3 N–H and O–H groups in total. The van der Waals surface area contributed by atoms with Gasteiger partial charge in [0, 0.05) is 0 Å². The van der Waals surface area contributed by atoms with Crippen molar-refractivity contribution in [2.45, 2.75) is 25.0 Å². The third kappa shape index (κ3) is 4.94. The van der Waals surface area contributed by atoms with Gasteiger partial charge in [-0.3, -0.25) is 0 Å². The highest BCUT2D eigenvalue weighted by Crippen LogP contribution is 2.29. The fourth-order valence-corrected chi connectivity index (χ4v) is 1.54. The summed E-state index contributed by atoms with van der Waals surface area (Å²) in [5.74, 6) is -2.38. The molecule has 0 spiro atoms. The van der Waals surface area contributed by atoms with E-state index in [0.717, 1.165) is 12.1 Å². The van der Waals surface area contributed by atoms with Crippen LogP contribution < -0.4 is 4.74 Å². The van der Waals surface area contributed by atoms with Crippen LogP contribution in [0.25, 0.3) is 0 Å². The highest BCUT2D eigenvalue weighted by Gasteiger charge is 2.32. The maximum atomic E-state index is 12.2. The number of benzene rings is 1. The SMILES string of the molecule is N#CCC(O)C(O)c1cc(OC(F)(F)F)cc(C(=O)O)c1. The largest absolute Gasteiger partial charge is 0.573 e. The molecular weight excluding hydrogens is 295 g/mol. The van der Waals surface area contributed by atoms with Crippen molar-refractivity contribution >= 4 is 5.97 Å². The van der Waals surface area contributed by atoms with E-state index < -0.39 is 42.3 Å². The number of carboxylic acids is 1. The Morgan fingerprint density at radius 1 is 1.33 bits per heavy atom. The van der Waals surface area contributed by atoms with Crippen LogP contribution in [-0.2, 0) is 0 Å².